The Morgan fingerprint density at radius 2 is 1.90 bits per heavy atom. The maximum absolute atomic E-state index is 12.5. The van der Waals surface area contributed by atoms with Crippen LogP contribution in [0.3, 0.4) is 0 Å². The molecule has 0 aliphatic carbocycles. The van der Waals surface area contributed by atoms with Gasteiger partial charge in [-0.2, -0.15) is 0 Å². The highest BCUT2D eigenvalue weighted by Gasteiger charge is 2.18. The minimum absolute atomic E-state index is 0.0315. The van der Waals surface area contributed by atoms with Crippen LogP contribution >= 0.6 is 0 Å². The second kappa shape index (κ2) is 5.93. The number of anilines is 1. The van der Waals surface area contributed by atoms with Crippen molar-refractivity contribution in [3.8, 4) is 11.3 Å². The second-order valence-electron chi connectivity index (χ2n) is 4.93. The zero-order valence-electron chi connectivity index (χ0n) is 11.7. The van der Waals surface area contributed by atoms with Crippen molar-refractivity contribution >= 4 is 11.7 Å². The Labute approximate surface area is 123 Å². The van der Waals surface area contributed by atoms with Crippen LogP contribution < -0.4 is 5.73 Å². The van der Waals surface area contributed by atoms with Crippen molar-refractivity contribution in [2.45, 2.75) is 0 Å². The molecule has 108 valence electrons. The molecule has 2 aromatic rings. The highest BCUT2D eigenvalue weighted by Crippen LogP contribution is 2.20. The third-order valence-electron chi connectivity index (χ3n) is 3.47. The van der Waals surface area contributed by atoms with Crippen LogP contribution in [0.5, 0.6) is 0 Å². The van der Waals surface area contributed by atoms with E-state index >= 15 is 0 Å². The summed E-state index contributed by atoms with van der Waals surface area (Å²) in [4.78, 5) is 18.6. The van der Waals surface area contributed by atoms with E-state index in [1.165, 1.54) is 0 Å². The van der Waals surface area contributed by atoms with E-state index in [0.717, 1.165) is 11.3 Å². The van der Waals surface area contributed by atoms with Crippen molar-refractivity contribution in [1.82, 2.24) is 9.88 Å². The molecule has 1 aliphatic heterocycles. The fourth-order valence-corrected chi connectivity index (χ4v) is 2.37. The molecule has 0 unspecified atom stereocenters. The zero-order chi connectivity index (χ0) is 14.7. The standard InChI is InChI=1S/C16H17N3O2/c17-15-6-2-5-14(18-15)12-3-1-4-13(11-12)16(20)19-7-9-21-10-8-19/h1-6,11H,7-10H2,(H2,17,18). The molecule has 0 spiro atoms. The topological polar surface area (TPSA) is 68.5 Å². The second-order valence-corrected chi connectivity index (χ2v) is 4.93. The lowest BCUT2D eigenvalue weighted by Gasteiger charge is -2.27. The number of nitrogens with two attached hydrogens (primary N) is 1. The van der Waals surface area contributed by atoms with Gasteiger partial charge in [0.2, 0.25) is 0 Å². The molecule has 3 rings (SSSR count). The van der Waals surface area contributed by atoms with Crippen molar-refractivity contribution in [2.75, 3.05) is 32.0 Å². The van der Waals surface area contributed by atoms with E-state index in [4.69, 9.17) is 10.5 Å². The Balaban J connectivity index is 1.87. The number of carbonyl (C=O) groups is 1. The lowest BCUT2D eigenvalue weighted by molar-refractivity contribution is 0.0303. The molecular weight excluding hydrogens is 266 g/mol. The SMILES string of the molecule is Nc1cccc(-c2cccc(C(=O)N3CCOCC3)c2)n1. The molecule has 0 saturated carbocycles. The molecule has 0 atom stereocenters. The van der Waals surface area contributed by atoms with Gasteiger partial charge in [-0.05, 0) is 24.3 Å². The van der Waals surface area contributed by atoms with Crippen molar-refractivity contribution in [2.24, 2.45) is 0 Å². The summed E-state index contributed by atoms with van der Waals surface area (Å²) in [6.45, 7) is 2.48. The molecule has 1 fully saturated rings. The molecule has 1 aromatic carbocycles. The van der Waals surface area contributed by atoms with Crippen LogP contribution in [-0.4, -0.2) is 42.1 Å². The van der Waals surface area contributed by atoms with Crippen LogP contribution in [0, 0.1) is 0 Å². The number of hydrogen-bond acceptors (Lipinski definition) is 4. The Morgan fingerprint density at radius 3 is 2.67 bits per heavy atom. The number of nitrogens with zero attached hydrogens (tertiary/aromatic N) is 2. The molecule has 2 heterocycles. The highest BCUT2D eigenvalue weighted by atomic mass is 16.5. The predicted octanol–water partition coefficient (Wildman–Crippen LogP) is 1.80. The summed E-state index contributed by atoms with van der Waals surface area (Å²) >= 11 is 0. The largest absolute Gasteiger partial charge is 0.384 e. The summed E-state index contributed by atoms with van der Waals surface area (Å²) in [6.07, 6.45) is 0. The van der Waals surface area contributed by atoms with Gasteiger partial charge in [-0.1, -0.05) is 18.2 Å². The molecule has 1 amide bonds. The lowest BCUT2D eigenvalue weighted by Crippen LogP contribution is -2.40. The van der Waals surface area contributed by atoms with Gasteiger partial charge >= 0.3 is 0 Å². The maximum Gasteiger partial charge on any atom is 0.254 e. The smallest absolute Gasteiger partial charge is 0.254 e. The lowest BCUT2D eigenvalue weighted by atomic mass is 10.1. The molecule has 5 nitrogen and oxygen atoms in total. The predicted molar refractivity (Wildman–Crippen MR) is 80.8 cm³/mol. The van der Waals surface area contributed by atoms with E-state index in [1.807, 2.05) is 41.3 Å². The minimum Gasteiger partial charge on any atom is -0.384 e. The van der Waals surface area contributed by atoms with Gasteiger partial charge in [-0.3, -0.25) is 4.79 Å². The van der Waals surface area contributed by atoms with E-state index < -0.39 is 0 Å². The fourth-order valence-electron chi connectivity index (χ4n) is 2.37. The molecule has 0 bridgehead atoms. The summed E-state index contributed by atoms with van der Waals surface area (Å²) in [7, 11) is 0. The molecule has 2 N–H and O–H groups in total. The first-order valence-corrected chi connectivity index (χ1v) is 6.94. The average Bonchev–Trinajstić information content (AvgIpc) is 2.55. The van der Waals surface area contributed by atoms with Gasteiger partial charge in [0.15, 0.2) is 0 Å². The number of aromatic nitrogens is 1. The number of pyridine rings is 1. The highest BCUT2D eigenvalue weighted by molar-refractivity contribution is 5.95. The van der Waals surface area contributed by atoms with Gasteiger partial charge < -0.3 is 15.4 Å². The Hall–Kier alpha value is -2.40. The first-order valence-electron chi connectivity index (χ1n) is 6.94. The van der Waals surface area contributed by atoms with E-state index in [-0.39, 0.29) is 5.91 Å². The molecule has 1 saturated heterocycles. The summed E-state index contributed by atoms with van der Waals surface area (Å²) < 4.78 is 5.27. The summed E-state index contributed by atoms with van der Waals surface area (Å²) in [6, 6.07) is 13.0. The number of amides is 1. The van der Waals surface area contributed by atoms with Crippen molar-refractivity contribution < 1.29 is 9.53 Å². The zero-order valence-corrected chi connectivity index (χ0v) is 11.7. The first kappa shape index (κ1) is 13.6. The number of nitrogen functional groups attached to an aromatic ring is 1. The number of benzene rings is 1. The van der Waals surface area contributed by atoms with Gasteiger partial charge in [0.1, 0.15) is 5.82 Å². The monoisotopic (exact) mass is 283 g/mol. The van der Waals surface area contributed by atoms with Gasteiger partial charge in [0.25, 0.3) is 5.91 Å². The molecule has 5 heteroatoms. The first-order chi connectivity index (χ1) is 10.2. The fraction of sp³-hybridized carbons (Fsp3) is 0.250. The summed E-state index contributed by atoms with van der Waals surface area (Å²) in [5, 5.41) is 0. The van der Waals surface area contributed by atoms with Crippen LogP contribution in [0.15, 0.2) is 42.5 Å². The van der Waals surface area contributed by atoms with Crippen molar-refractivity contribution in [1.29, 1.82) is 0 Å². The summed E-state index contributed by atoms with van der Waals surface area (Å²) in [5.41, 5.74) is 8.04. The number of carbonyl (C=O) groups excluding carboxylic acids is 1. The van der Waals surface area contributed by atoms with E-state index in [2.05, 4.69) is 4.98 Å². The van der Waals surface area contributed by atoms with Crippen molar-refractivity contribution in [3.05, 3.63) is 48.0 Å². The number of morpholine rings is 1. The number of ether oxygens (including phenoxy) is 1. The third kappa shape index (κ3) is 3.03. The number of rotatable bonds is 2. The Morgan fingerprint density at radius 1 is 1.14 bits per heavy atom. The van der Waals surface area contributed by atoms with Gasteiger partial charge in [-0.25, -0.2) is 4.98 Å². The van der Waals surface area contributed by atoms with Gasteiger partial charge in [0.05, 0.1) is 18.9 Å². The van der Waals surface area contributed by atoms with Crippen LogP contribution in [-0.2, 0) is 4.74 Å². The Kier molecular flexibility index (Phi) is 3.83. The summed E-state index contributed by atoms with van der Waals surface area (Å²) in [5.74, 6) is 0.501. The maximum atomic E-state index is 12.5. The average molecular weight is 283 g/mol. The minimum atomic E-state index is 0.0315. The van der Waals surface area contributed by atoms with Crippen LogP contribution in [0.2, 0.25) is 0 Å². The molecular formula is C16H17N3O2. The normalized spacial score (nSPS) is 15.0. The van der Waals surface area contributed by atoms with E-state index in [1.54, 1.807) is 6.07 Å². The van der Waals surface area contributed by atoms with E-state index in [0.29, 0.717) is 37.7 Å². The molecule has 1 aliphatic rings. The van der Waals surface area contributed by atoms with Crippen LogP contribution in [0.4, 0.5) is 5.82 Å². The quantitative estimate of drug-likeness (QED) is 0.912. The van der Waals surface area contributed by atoms with Gasteiger partial charge in [-0.15, -0.1) is 0 Å². The third-order valence-corrected chi connectivity index (χ3v) is 3.47. The van der Waals surface area contributed by atoms with Crippen LogP contribution in [0.1, 0.15) is 10.4 Å². The van der Waals surface area contributed by atoms with Crippen molar-refractivity contribution in [3.63, 3.8) is 0 Å². The Bertz CT molecular complexity index is 651. The molecule has 0 radical (unpaired) electrons. The van der Waals surface area contributed by atoms with Gasteiger partial charge in [0, 0.05) is 24.2 Å². The number of hydrogen-bond donors (Lipinski definition) is 1. The van der Waals surface area contributed by atoms with Crippen LogP contribution in [0.25, 0.3) is 11.3 Å². The molecule has 21 heavy (non-hydrogen) atoms. The molecule has 1 aromatic heterocycles. The van der Waals surface area contributed by atoms with E-state index in [9.17, 15) is 4.79 Å².